The van der Waals surface area contributed by atoms with E-state index in [4.69, 9.17) is 4.74 Å². The Bertz CT molecular complexity index is 365. The zero-order chi connectivity index (χ0) is 13.5. The average molecular weight is 254 g/mol. The van der Waals surface area contributed by atoms with Crippen molar-refractivity contribution in [3.63, 3.8) is 0 Å². The van der Waals surface area contributed by atoms with E-state index in [0.717, 1.165) is 12.8 Å². The first kappa shape index (κ1) is 14.2. The van der Waals surface area contributed by atoms with Gasteiger partial charge in [-0.2, -0.15) is 0 Å². The molecule has 1 rings (SSSR count). The van der Waals surface area contributed by atoms with Gasteiger partial charge in [-0.25, -0.2) is 4.79 Å². The van der Waals surface area contributed by atoms with Crippen LogP contribution < -0.4 is 10.6 Å². The van der Waals surface area contributed by atoms with E-state index < -0.39 is 18.0 Å². The van der Waals surface area contributed by atoms with Crippen molar-refractivity contribution in [2.45, 2.75) is 32.3 Å². The minimum atomic E-state index is -0.972. The highest BCUT2D eigenvalue weighted by Gasteiger charge is 2.25. The molecule has 0 unspecified atom stereocenters. The summed E-state index contributed by atoms with van der Waals surface area (Å²) < 4.78 is 5.03. The van der Waals surface area contributed by atoms with Crippen molar-refractivity contribution in [2.24, 2.45) is 5.92 Å². The first-order valence-electron chi connectivity index (χ1n) is 5.92. The molecule has 0 saturated heterocycles. The Hall–Kier alpha value is -1.85. The monoisotopic (exact) mass is 254 g/mol. The van der Waals surface area contributed by atoms with E-state index in [1.165, 1.54) is 14.0 Å². The molecule has 6 heteroatoms. The van der Waals surface area contributed by atoms with Gasteiger partial charge in [-0.3, -0.25) is 14.9 Å². The molecule has 0 aromatic rings. The fourth-order valence-electron chi connectivity index (χ4n) is 1.61. The quantitative estimate of drug-likeness (QED) is 0.574. The Morgan fingerprint density at radius 3 is 2.61 bits per heavy atom. The van der Waals surface area contributed by atoms with Gasteiger partial charge < -0.3 is 10.1 Å². The number of rotatable bonds is 3. The van der Waals surface area contributed by atoms with Gasteiger partial charge in [-0.1, -0.05) is 12.2 Å². The van der Waals surface area contributed by atoms with E-state index in [0.29, 0.717) is 6.42 Å². The number of esters is 1. The largest absolute Gasteiger partial charge is 0.452 e. The summed E-state index contributed by atoms with van der Waals surface area (Å²) in [5, 5.41) is 4.30. The average Bonchev–Trinajstić information content (AvgIpc) is 2.39. The molecule has 2 N–H and O–H groups in total. The molecule has 0 spiro atoms. The van der Waals surface area contributed by atoms with Crippen LogP contribution in [0.1, 0.15) is 26.2 Å². The molecule has 1 aliphatic rings. The molecule has 0 aliphatic heterocycles. The zero-order valence-corrected chi connectivity index (χ0v) is 10.6. The molecule has 3 amide bonds. The van der Waals surface area contributed by atoms with Crippen LogP contribution >= 0.6 is 0 Å². The Kier molecular flexibility index (Phi) is 5.35. The number of nitrogens with one attached hydrogen (secondary N) is 2. The highest BCUT2D eigenvalue weighted by molar-refractivity contribution is 5.97. The first-order chi connectivity index (χ1) is 8.54. The highest BCUT2D eigenvalue weighted by Crippen LogP contribution is 2.19. The highest BCUT2D eigenvalue weighted by atomic mass is 16.5. The molecule has 0 bridgehead atoms. The van der Waals surface area contributed by atoms with E-state index in [1.807, 2.05) is 12.2 Å². The fraction of sp³-hybridized carbons (Fsp3) is 0.583. The van der Waals surface area contributed by atoms with Crippen LogP contribution in [0, 0.1) is 5.92 Å². The molecule has 0 radical (unpaired) electrons. The van der Waals surface area contributed by atoms with E-state index in [-0.39, 0.29) is 11.9 Å². The molecular formula is C12H18N2O4. The van der Waals surface area contributed by atoms with Crippen molar-refractivity contribution in [3.05, 3.63) is 12.2 Å². The number of ether oxygens (including phenoxy) is 1. The summed E-state index contributed by atoms with van der Waals surface area (Å²) in [7, 11) is 1.40. The maximum atomic E-state index is 11.7. The standard InChI is InChI=1S/C12H18N2O4/c1-8(10(15)14-12(17)13-2)18-11(16)9-6-4-3-5-7-9/h3-4,8-9H,5-7H2,1-2H3,(H2,13,14,15,17)/t8-,9-/m0/s1. The predicted molar refractivity (Wildman–Crippen MR) is 64.6 cm³/mol. The van der Waals surface area contributed by atoms with Gasteiger partial charge in [0, 0.05) is 7.05 Å². The van der Waals surface area contributed by atoms with Crippen molar-refractivity contribution >= 4 is 17.9 Å². The van der Waals surface area contributed by atoms with Crippen LogP contribution in [0.5, 0.6) is 0 Å². The molecule has 0 saturated carbocycles. The molecule has 100 valence electrons. The second kappa shape index (κ2) is 6.78. The van der Waals surface area contributed by atoms with Crippen LogP contribution in [0.25, 0.3) is 0 Å². The fourth-order valence-corrected chi connectivity index (χ4v) is 1.61. The second-order valence-corrected chi connectivity index (χ2v) is 4.13. The molecule has 6 nitrogen and oxygen atoms in total. The van der Waals surface area contributed by atoms with Gasteiger partial charge in [0.25, 0.3) is 5.91 Å². The van der Waals surface area contributed by atoms with Crippen LogP contribution in [0.4, 0.5) is 4.79 Å². The van der Waals surface area contributed by atoms with E-state index in [2.05, 4.69) is 10.6 Å². The summed E-state index contributed by atoms with van der Waals surface area (Å²) in [4.78, 5) is 34.1. The Morgan fingerprint density at radius 1 is 1.33 bits per heavy atom. The van der Waals surface area contributed by atoms with Crippen LogP contribution in [-0.2, 0) is 14.3 Å². The van der Waals surface area contributed by atoms with Gasteiger partial charge in [-0.15, -0.1) is 0 Å². The van der Waals surface area contributed by atoms with E-state index in [9.17, 15) is 14.4 Å². The lowest BCUT2D eigenvalue weighted by Gasteiger charge is -2.19. The first-order valence-corrected chi connectivity index (χ1v) is 5.92. The Labute approximate surface area is 106 Å². The maximum absolute atomic E-state index is 11.7. The van der Waals surface area contributed by atoms with Gasteiger partial charge in [0.2, 0.25) is 0 Å². The summed E-state index contributed by atoms with van der Waals surface area (Å²) in [6, 6.07) is -0.622. The smallest absolute Gasteiger partial charge is 0.321 e. The van der Waals surface area contributed by atoms with E-state index >= 15 is 0 Å². The lowest BCUT2D eigenvalue weighted by molar-refractivity contribution is -0.158. The van der Waals surface area contributed by atoms with Crippen molar-refractivity contribution in [2.75, 3.05) is 7.05 Å². The molecule has 2 atom stereocenters. The molecule has 1 aliphatic carbocycles. The molecule has 0 aromatic carbocycles. The molecule has 0 fully saturated rings. The van der Waals surface area contributed by atoms with Crippen molar-refractivity contribution < 1.29 is 19.1 Å². The predicted octanol–water partition coefficient (Wildman–Crippen LogP) is 0.730. The lowest BCUT2D eigenvalue weighted by atomic mass is 9.95. The lowest BCUT2D eigenvalue weighted by Crippen LogP contribution is -2.44. The summed E-state index contributed by atoms with van der Waals surface area (Å²) in [6.07, 6.45) is 5.21. The minimum absolute atomic E-state index is 0.190. The van der Waals surface area contributed by atoms with Crippen molar-refractivity contribution in [1.29, 1.82) is 0 Å². The van der Waals surface area contributed by atoms with Crippen LogP contribution in [0.15, 0.2) is 12.2 Å². The van der Waals surface area contributed by atoms with Gasteiger partial charge in [0.15, 0.2) is 6.10 Å². The number of hydrogen-bond donors (Lipinski definition) is 2. The molecular weight excluding hydrogens is 236 g/mol. The minimum Gasteiger partial charge on any atom is -0.452 e. The third kappa shape index (κ3) is 4.20. The number of carbonyl (C=O) groups is 3. The number of carbonyl (C=O) groups excluding carboxylic acids is 3. The van der Waals surface area contributed by atoms with Gasteiger partial charge >= 0.3 is 12.0 Å². The number of hydrogen-bond acceptors (Lipinski definition) is 4. The molecule has 0 aromatic heterocycles. The van der Waals surface area contributed by atoms with Crippen LogP contribution in [0.3, 0.4) is 0 Å². The zero-order valence-electron chi connectivity index (χ0n) is 10.6. The van der Waals surface area contributed by atoms with Gasteiger partial charge in [0.05, 0.1) is 5.92 Å². The van der Waals surface area contributed by atoms with E-state index in [1.54, 1.807) is 0 Å². The van der Waals surface area contributed by atoms with Crippen molar-refractivity contribution in [3.8, 4) is 0 Å². The SMILES string of the molecule is CNC(=O)NC(=O)[C@H](C)OC(=O)[C@H]1CC=CCC1. The topological polar surface area (TPSA) is 84.5 Å². The number of allylic oxidation sites excluding steroid dienone is 2. The molecule has 0 heterocycles. The van der Waals surface area contributed by atoms with Crippen LogP contribution in [0.2, 0.25) is 0 Å². The summed E-state index contributed by atoms with van der Waals surface area (Å²) in [5.74, 6) is -1.21. The summed E-state index contributed by atoms with van der Waals surface area (Å²) in [6.45, 7) is 1.44. The number of amides is 3. The molecule has 18 heavy (non-hydrogen) atoms. The third-order valence-electron chi connectivity index (χ3n) is 2.73. The van der Waals surface area contributed by atoms with Gasteiger partial charge in [0.1, 0.15) is 0 Å². The Balaban J connectivity index is 2.41. The maximum Gasteiger partial charge on any atom is 0.321 e. The van der Waals surface area contributed by atoms with Crippen molar-refractivity contribution in [1.82, 2.24) is 10.6 Å². The summed E-state index contributed by atoms with van der Waals surface area (Å²) >= 11 is 0. The third-order valence-corrected chi connectivity index (χ3v) is 2.73. The normalized spacial score (nSPS) is 19.8. The summed E-state index contributed by atoms with van der Waals surface area (Å²) in [5.41, 5.74) is 0. The van der Waals surface area contributed by atoms with Gasteiger partial charge in [-0.05, 0) is 26.2 Å². The number of urea groups is 1. The van der Waals surface area contributed by atoms with Crippen LogP contribution in [-0.4, -0.2) is 31.1 Å². The second-order valence-electron chi connectivity index (χ2n) is 4.13. The number of imide groups is 1. The Morgan fingerprint density at radius 2 is 2.06 bits per heavy atom.